The van der Waals surface area contributed by atoms with Crippen LogP contribution in [-0.4, -0.2) is 19.8 Å². The smallest absolute Gasteiger partial charge is 0.119 e. The second kappa shape index (κ2) is 4.92. The van der Waals surface area contributed by atoms with Crippen LogP contribution in [0, 0.1) is 5.41 Å². The maximum Gasteiger partial charge on any atom is 0.119 e. The first-order valence-corrected chi connectivity index (χ1v) is 6.12. The lowest BCUT2D eigenvalue weighted by Gasteiger charge is -2.40. The molecular weight excluding hydrogens is 212 g/mol. The standard InChI is InChI=1S/C15H20O2/c1-4-15(9-16-10-15)11-17-14-7-5-13(6-8-14)12(2)3/h5-8H,2,4,9-11H2,1,3H3. The van der Waals surface area contributed by atoms with Gasteiger partial charge < -0.3 is 9.47 Å². The van der Waals surface area contributed by atoms with Crippen LogP contribution in [0.25, 0.3) is 5.57 Å². The highest BCUT2D eigenvalue weighted by Gasteiger charge is 2.37. The summed E-state index contributed by atoms with van der Waals surface area (Å²) < 4.78 is 11.1. The molecule has 1 fully saturated rings. The van der Waals surface area contributed by atoms with Gasteiger partial charge in [0.1, 0.15) is 5.75 Å². The quantitative estimate of drug-likeness (QED) is 0.773. The lowest BCUT2D eigenvalue weighted by Crippen LogP contribution is -2.46. The first-order valence-electron chi connectivity index (χ1n) is 6.12. The molecule has 0 spiro atoms. The monoisotopic (exact) mass is 232 g/mol. The molecule has 0 aliphatic carbocycles. The van der Waals surface area contributed by atoms with Crippen molar-refractivity contribution in [1.29, 1.82) is 0 Å². The van der Waals surface area contributed by atoms with Gasteiger partial charge in [0.25, 0.3) is 0 Å². The zero-order chi connectivity index (χ0) is 12.3. The SMILES string of the molecule is C=C(C)c1ccc(OCC2(CC)COC2)cc1. The average Bonchev–Trinajstić information content (AvgIpc) is 2.29. The van der Waals surface area contributed by atoms with Gasteiger partial charge in [-0.1, -0.05) is 31.2 Å². The van der Waals surface area contributed by atoms with Crippen LogP contribution in [0.5, 0.6) is 5.75 Å². The highest BCUT2D eigenvalue weighted by Crippen LogP contribution is 2.32. The molecule has 2 rings (SSSR count). The molecule has 0 N–H and O–H groups in total. The van der Waals surface area contributed by atoms with E-state index in [2.05, 4.69) is 13.5 Å². The lowest BCUT2D eigenvalue weighted by molar-refractivity contribution is -0.133. The maximum atomic E-state index is 5.83. The summed E-state index contributed by atoms with van der Waals surface area (Å²) in [6, 6.07) is 8.11. The van der Waals surface area contributed by atoms with Crippen molar-refractivity contribution in [3.05, 3.63) is 36.4 Å². The highest BCUT2D eigenvalue weighted by molar-refractivity contribution is 5.61. The summed E-state index contributed by atoms with van der Waals surface area (Å²) in [5.74, 6) is 0.926. The maximum absolute atomic E-state index is 5.83. The van der Waals surface area contributed by atoms with Crippen LogP contribution in [-0.2, 0) is 4.74 Å². The van der Waals surface area contributed by atoms with E-state index in [4.69, 9.17) is 9.47 Å². The Kier molecular flexibility index (Phi) is 3.53. The molecule has 0 aromatic heterocycles. The molecule has 1 aromatic carbocycles. The topological polar surface area (TPSA) is 18.5 Å². The number of hydrogen-bond acceptors (Lipinski definition) is 2. The van der Waals surface area contributed by atoms with Gasteiger partial charge in [0.2, 0.25) is 0 Å². The largest absolute Gasteiger partial charge is 0.493 e. The predicted octanol–water partition coefficient (Wildman–Crippen LogP) is 3.53. The van der Waals surface area contributed by atoms with Gasteiger partial charge in [-0.3, -0.25) is 0 Å². The molecule has 1 aromatic rings. The van der Waals surface area contributed by atoms with E-state index < -0.39 is 0 Å². The van der Waals surface area contributed by atoms with Crippen LogP contribution < -0.4 is 4.74 Å². The second-order valence-corrected chi connectivity index (χ2v) is 4.94. The summed E-state index contributed by atoms with van der Waals surface area (Å²) >= 11 is 0. The minimum Gasteiger partial charge on any atom is -0.493 e. The summed E-state index contributed by atoms with van der Waals surface area (Å²) in [4.78, 5) is 0. The van der Waals surface area contributed by atoms with Crippen molar-refractivity contribution in [3.63, 3.8) is 0 Å². The van der Waals surface area contributed by atoms with E-state index in [1.54, 1.807) is 0 Å². The van der Waals surface area contributed by atoms with Crippen molar-refractivity contribution in [2.24, 2.45) is 5.41 Å². The minimum atomic E-state index is 0.243. The van der Waals surface area contributed by atoms with Crippen molar-refractivity contribution in [2.45, 2.75) is 20.3 Å². The van der Waals surface area contributed by atoms with E-state index in [-0.39, 0.29) is 5.41 Å². The Balaban J connectivity index is 1.93. The molecule has 1 saturated heterocycles. The number of benzene rings is 1. The Morgan fingerprint density at radius 2 is 2.00 bits per heavy atom. The summed E-state index contributed by atoms with van der Waals surface area (Å²) in [5, 5.41) is 0. The molecule has 0 unspecified atom stereocenters. The van der Waals surface area contributed by atoms with Gasteiger partial charge >= 0.3 is 0 Å². The van der Waals surface area contributed by atoms with Crippen molar-refractivity contribution in [3.8, 4) is 5.75 Å². The van der Waals surface area contributed by atoms with Crippen LogP contribution in [0.1, 0.15) is 25.8 Å². The molecule has 92 valence electrons. The average molecular weight is 232 g/mol. The van der Waals surface area contributed by atoms with Crippen molar-refractivity contribution in [2.75, 3.05) is 19.8 Å². The molecule has 0 amide bonds. The van der Waals surface area contributed by atoms with E-state index >= 15 is 0 Å². The fourth-order valence-corrected chi connectivity index (χ4v) is 1.85. The van der Waals surface area contributed by atoms with Gasteiger partial charge in [-0.25, -0.2) is 0 Å². The van der Waals surface area contributed by atoms with Crippen LogP contribution in [0.15, 0.2) is 30.8 Å². The van der Waals surface area contributed by atoms with Gasteiger partial charge in [0.15, 0.2) is 0 Å². The summed E-state index contributed by atoms with van der Waals surface area (Å²) in [6.45, 7) is 10.5. The fourth-order valence-electron chi connectivity index (χ4n) is 1.85. The Bertz CT molecular complexity index is 382. The minimum absolute atomic E-state index is 0.243. The third kappa shape index (κ3) is 2.70. The second-order valence-electron chi connectivity index (χ2n) is 4.94. The van der Waals surface area contributed by atoms with Gasteiger partial charge in [-0.2, -0.15) is 0 Å². The Hall–Kier alpha value is -1.28. The summed E-state index contributed by atoms with van der Waals surface area (Å²) in [7, 11) is 0. The highest BCUT2D eigenvalue weighted by atomic mass is 16.5. The molecule has 0 radical (unpaired) electrons. The molecule has 2 nitrogen and oxygen atoms in total. The number of hydrogen-bond donors (Lipinski definition) is 0. The molecular formula is C15H20O2. The first kappa shape index (κ1) is 12.2. The van der Waals surface area contributed by atoms with E-state index in [1.807, 2.05) is 31.2 Å². The molecule has 0 bridgehead atoms. The van der Waals surface area contributed by atoms with E-state index in [1.165, 1.54) is 0 Å². The van der Waals surface area contributed by atoms with Crippen molar-refractivity contribution in [1.82, 2.24) is 0 Å². The van der Waals surface area contributed by atoms with Gasteiger partial charge in [0.05, 0.1) is 25.2 Å². The number of allylic oxidation sites excluding steroid dienone is 1. The van der Waals surface area contributed by atoms with Gasteiger partial charge in [-0.15, -0.1) is 0 Å². The molecule has 1 heterocycles. The normalized spacial score (nSPS) is 17.3. The van der Waals surface area contributed by atoms with Gasteiger partial charge in [0, 0.05) is 0 Å². The van der Waals surface area contributed by atoms with Crippen LogP contribution >= 0.6 is 0 Å². The molecule has 2 heteroatoms. The van der Waals surface area contributed by atoms with E-state index in [9.17, 15) is 0 Å². The molecule has 1 aliphatic rings. The molecule has 17 heavy (non-hydrogen) atoms. The lowest BCUT2D eigenvalue weighted by atomic mass is 9.84. The van der Waals surface area contributed by atoms with Crippen LogP contribution in [0.3, 0.4) is 0 Å². The Morgan fingerprint density at radius 3 is 2.41 bits per heavy atom. The number of ether oxygens (including phenoxy) is 2. The predicted molar refractivity (Wildman–Crippen MR) is 70.2 cm³/mol. The summed E-state index contributed by atoms with van der Waals surface area (Å²) in [6.07, 6.45) is 1.11. The Labute approximate surface area is 103 Å². The number of rotatable bonds is 5. The third-order valence-electron chi connectivity index (χ3n) is 3.46. The third-order valence-corrected chi connectivity index (χ3v) is 3.46. The first-order chi connectivity index (χ1) is 8.15. The van der Waals surface area contributed by atoms with Crippen molar-refractivity contribution >= 4 is 5.57 Å². The Morgan fingerprint density at radius 1 is 1.35 bits per heavy atom. The van der Waals surface area contributed by atoms with E-state index in [0.29, 0.717) is 0 Å². The van der Waals surface area contributed by atoms with Crippen molar-refractivity contribution < 1.29 is 9.47 Å². The molecule has 1 aliphatic heterocycles. The fraction of sp³-hybridized carbons (Fsp3) is 0.467. The molecule has 0 atom stereocenters. The van der Waals surface area contributed by atoms with Crippen LogP contribution in [0.2, 0.25) is 0 Å². The van der Waals surface area contributed by atoms with Gasteiger partial charge in [-0.05, 0) is 31.0 Å². The van der Waals surface area contributed by atoms with Crippen LogP contribution in [0.4, 0.5) is 0 Å². The zero-order valence-corrected chi connectivity index (χ0v) is 10.7. The zero-order valence-electron chi connectivity index (χ0n) is 10.7. The van der Waals surface area contributed by atoms with E-state index in [0.717, 1.165) is 43.1 Å². The molecule has 0 saturated carbocycles. The summed E-state index contributed by atoms with van der Waals surface area (Å²) in [5.41, 5.74) is 2.48.